The molecule has 1 aromatic heterocycles. The third-order valence-corrected chi connectivity index (χ3v) is 5.67. The topological polar surface area (TPSA) is 133 Å². The summed E-state index contributed by atoms with van der Waals surface area (Å²) in [6.07, 6.45) is 0. The van der Waals surface area contributed by atoms with Crippen LogP contribution in [-0.4, -0.2) is 40.3 Å². The van der Waals surface area contributed by atoms with Gasteiger partial charge in [0, 0.05) is 5.69 Å². The summed E-state index contributed by atoms with van der Waals surface area (Å²) in [5.74, 6) is -0.189. The predicted molar refractivity (Wildman–Crippen MR) is 106 cm³/mol. The van der Waals surface area contributed by atoms with E-state index in [1.54, 1.807) is 4.68 Å². The molecule has 3 N–H and O–H groups in total. The fraction of sp³-hybridized carbons (Fsp3) is 0.176. The Labute approximate surface area is 166 Å². The summed E-state index contributed by atoms with van der Waals surface area (Å²) in [6, 6.07) is 11.5. The maximum atomic E-state index is 12.2. The van der Waals surface area contributed by atoms with Gasteiger partial charge in [-0.15, -0.1) is 5.10 Å². The summed E-state index contributed by atoms with van der Waals surface area (Å²) < 4.78 is 24.1. The zero-order chi connectivity index (χ0) is 20.3. The molecule has 0 aliphatic carbocycles. The minimum Gasteiger partial charge on any atom is -0.325 e. The van der Waals surface area contributed by atoms with E-state index in [9.17, 15) is 13.2 Å². The Kier molecular flexibility index (Phi) is 5.77. The van der Waals surface area contributed by atoms with Crippen molar-refractivity contribution in [3.8, 4) is 5.69 Å². The number of amides is 1. The van der Waals surface area contributed by atoms with Crippen molar-refractivity contribution in [2.24, 2.45) is 5.14 Å². The summed E-state index contributed by atoms with van der Waals surface area (Å²) in [5, 5.41) is 19.9. The van der Waals surface area contributed by atoms with Crippen LogP contribution >= 0.6 is 11.8 Å². The van der Waals surface area contributed by atoms with Crippen LogP contribution in [0.3, 0.4) is 0 Å². The molecule has 9 nitrogen and oxygen atoms in total. The van der Waals surface area contributed by atoms with Gasteiger partial charge in [-0.2, -0.15) is 4.68 Å². The summed E-state index contributed by atoms with van der Waals surface area (Å²) in [6.45, 7) is 3.97. The van der Waals surface area contributed by atoms with Crippen LogP contribution in [0.2, 0.25) is 0 Å². The Morgan fingerprint density at radius 1 is 1.18 bits per heavy atom. The quantitative estimate of drug-likeness (QED) is 0.582. The Hall–Kier alpha value is -2.76. The molecule has 0 bridgehead atoms. The minimum atomic E-state index is -3.77. The highest BCUT2D eigenvalue weighted by Crippen LogP contribution is 2.22. The van der Waals surface area contributed by atoms with Crippen LogP contribution in [0.5, 0.6) is 0 Å². The summed E-state index contributed by atoms with van der Waals surface area (Å²) in [5.41, 5.74) is 3.47. The van der Waals surface area contributed by atoms with Gasteiger partial charge in [0.25, 0.3) is 0 Å². The number of tetrazole rings is 1. The second kappa shape index (κ2) is 8.09. The second-order valence-corrected chi connectivity index (χ2v) is 8.57. The lowest BCUT2D eigenvalue weighted by atomic mass is 10.1. The first kappa shape index (κ1) is 20.0. The van der Waals surface area contributed by atoms with E-state index in [-0.39, 0.29) is 16.6 Å². The SMILES string of the molecule is Cc1ccc(-n2nnnc2SCC(=O)Nc2ccc(S(N)(=O)=O)cc2)c(C)c1. The van der Waals surface area contributed by atoms with Gasteiger partial charge in [-0.05, 0) is 60.2 Å². The standard InChI is InChI=1S/C17H18N6O3S2/c1-11-3-8-15(12(2)9-11)23-17(20-21-22-23)27-10-16(24)19-13-4-6-14(7-5-13)28(18,25)26/h3-9H,10H2,1-2H3,(H,19,24)(H2,18,25,26). The Morgan fingerprint density at radius 2 is 1.89 bits per heavy atom. The zero-order valence-electron chi connectivity index (χ0n) is 15.2. The van der Waals surface area contributed by atoms with E-state index < -0.39 is 10.0 Å². The molecule has 0 fully saturated rings. The Morgan fingerprint density at radius 3 is 2.54 bits per heavy atom. The molecule has 0 saturated heterocycles. The first-order valence-electron chi connectivity index (χ1n) is 8.15. The van der Waals surface area contributed by atoms with Crippen molar-refractivity contribution >= 4 is 33.4 Å². The highest BCUT2D eigenvalue weighted by molar-refractivity contribution is 7.99. The lowest BCUT2D eigenvalue weighted by Crippen LogP contribution is -2.15. The molecule has 0 spiro atoms. The van der Waals surface area contributed by atoms with E-state index in [4.69, 9.17) is 5.14 Å². The summed E-state index contributed by atoms with van der Waals surface area (Å²) in [4.78, 5) is 12.2. The molecule has 3 rings (SSSR count). The third kappa shape index (κ3) is 4.74. The van der Waals surface area contributed by atoms with Gasteiger partial charge >= 0.3 is 0 Å². The number of nitrogens with zero attached hydrogens (tertiary/aromatic N) is 4. The van der Waals surface area contributed by atoms with E-state index >= 15 is 0 Å². The normalized spacial score (nSPS) is 11.4. The van der Waals surface area contributed by atoms with Crippen molar-refractivity contribution in [3.05, 3.63) is 53.6 Å². The first-order valence-corrected chi connectivity index (χ1v) is 10.7. The molecule has 28 heavy (non-hydrogen) atoms. The number of benzene rings is 2. The number of hydrogen-bond acceptors (Lipinski definition) is 7. The van der Waals surface area contributed by atoms with Gasteiger partial charge in [-0.3, -0.25) is 4.79 Å². The first-order chi connectivity index (χ1) is 13.2. The Bertz CT molecular complexity index is 1110. The fourth-order valence-electron chi connectivity index (χ4n) is 2.52. The summed E-state index contributed by atoms with van der Waals surface area (Å²) >= 11 is 1.20. The van der Waals surface area contributed by atoms with E-state index in [1.165, 1.54) is 36.0 Å². The number of carbonyl (C=O) groups is 1. The monoisotopic (exact) mass is 418 g/mol. The van der Waals surface area contributed by atoms with Crippen molar-refractivity contribution in [2.75, 3.05) is 11.1 Å². The highest BCUT2D eigenvalue weighted by Gasteiger charge is 2.14. The molecule has 1 amide bonds. The van der Waals surface area contributed by atoms with Crippen LogP contribution in [0.15, 0.2) is 52.5 Å². The summed E-state index contributed by atoms with van der Waals surface area (Å²) in [7, 11) is -3.77. The lowest BCUT2D eigenvalue weighted by molar-refractivity contribution is -0.113. The van der Waals surface area contributed by atoms with Gasteiger partial charge in [0.05, 0.1) is 16.3 Å². The number of sulfonamides is 1. The van der Waals surface area contributed by atoms with Crippen LogP contribution in [0.4, 0.5) is 5.69 Å². The molecule has 1 heterocycles. The number of nitrogens with two attached hydrogens (primary N) is 1. The highest BCUT2D eigenvalue weighted by atomic mass is 32.2. The van der Waals surface area contributed by atoms with E-state index in [2.05, 4.69) is 20.8 Å². The molecular weight excluding hydrogens is 400 g/mol. The average molecular weight is 419 g/mol. The zero-order valence-corrected chi connectivity index (χ0v) is 16.8. The average Bonchev–Trinajstić information content (AvgIpc) is 3.08. The van der Waals surface area contributed by atoms with Gasteiger partial charge in [0.2, 0.25) is 21.1 Å². The van der Waals surface area contributed by atoms with Gasteiger partial charge in [0.15, 0.2) is 0 Å². The molecule has 0 aliphatic rings. The van der Waals surface area contributed by atoms with Gasteiger partial charge in [-0.25, -0.2) is 13.6 Å². The van der Waals surface area contributed by atoms with Crippen molar-refractivity contribution in [1.82, 2.24) is 20.2 Å². The third-order valence-electron chi connectivity index (χ3n) is 3.82. The lowest BCUT2D eigenvalue weighted by Gasteiger charge is -2.09. The van der Waals surface area contributed by atoms with Crippen molar-refractivity contribution in [2.45, 2.75) is 23.9 Å². The van der Waals surface area contributed by atoms with E-state index in [1.807, 2.05) is 32.0 Å². The number of rotatable bonds is 6. The molecule has 146 valence electrons. The van der Waals surface area contributed by atoms with Crippen LogP contribution in [0.25, 0.3) is 5.69 Å². The molecular formula is C17H18N6O3S2. The molecule has 2 aromatic carbocycles. The number of carbonyl (C=O) groups excluding carboxylic acids is 1. The molecule has 11 heteroatoms. The number of primary sulfonamides is 1. The smallest absolute Gasteiger partial charge is 0.238 e. The fourth-order valence-corrected chi connectivity index (χ4v) is 3.72. The molecule has 0 saturated carbocycles. The van der Waals surface area contributed by atoms with Crippen LogP contribution < -0.4 is 10.5 Å². The van der Waals surface area contributed by atoms with E-state index in [0.29, 0.717) is 10.8 Å². The molecule has 0 unspecified atom stereocenters. The van der Waals surface area contributed by atoms with Gasteiger partial charge in [-0.1, -0.05) is 29.5 Å². The Balaban J connectivity index is 1.65. The number of thioether (sulfide) groups is 1. The van der Waals surface area contributed by atoms with Gasteiger partial charge in [0.1, 0.15) is 0 Å². The molecule has 0 aliphatic heterocycles. The molecule has 0 radical (unpaired) electrons. The van der Waals surface area contributed by atoms with Crippen LogP contribution in [0, 0.1) is 13.8 Å². The van der Waals surface area contributed by atoms with Crippen LogP contribution in [-0.2, 0) is 14.8 Å². The maximum Gasteiger partial charge on any atom is 0.238 e. The van der Waals surface area contributed by atoms with Crippen LogP contribution in [0.1, 0.15) is 11.1 Å². The van der Waals surface area contributed by atoms with Crippen molar-refractivity contribution < 1.29 is 13.2 Å². The maximum absolute atomic E-state index is 12.2. The minimum absolute atomic E-state index is 0.0208. The number of aromatic nitrogens is 4. The van der Waals surface area contributed by atoms with E-state index in [0.717, 1.165) is 16.8 Å². The predicted octanol–water partition coefficient (Wildman–Crippen LogP) is 1.66. The van der Waals surface area contributed by atoms with Crippen molar-refractivity contribution in [3.63, 3.8) is 0 Å². The number of aryl methyl sites for hydroxylation is 2. The molecule has 3 aromatic rings. The number of anilines is 1. The molecule has 0 atom stereocenters. The largest absolute Gasteiger partial charge is 0.325 e. The number of nitrogens with one attached hydrogen (secondary N) is 1. The second-order valence-electron chi connectivity index (χ2n) is 6.07. The van der Waals surface area contributed by atoms with Gasteiger partial charge < -0.3 is 5.32 Å². The number of hydrogen-bond donors (Lipinski definition) is 2. The van der Waals surface area contributed by atoms with Crippen molar-refractivity contribution in [1.29, 1.82) is 0 Å².